The van der Waals surface area contributed by atoms with E-state index in [0.29, 0.717) is 19.8 Å². The first kappa shape index (κ1) is 14.0. The Balaban J connectivity index is 1.82. The van der Waals surface area contributed by atoms with Crippen molar-refractivity contribution in [1.29, 1.82) is 0 Å². The van der Waals surface area contributed by atoms with Gasteiger partial charge in [-0.05, 0) is 24.1 Å². The minimum Gasteiger partial charge on any atom is -0.388 e. The van der Waals surface area contributed by atoms with E-state index >= 15 is 0 Å². The molecule has 1 saturated heterocycles. The fourth-order valence-corrected chi connectivity index (χ4v) is 2.43. The lowest BCUT2D eigenvalue weighted by Gasteiger charge is -2.32. The molecule has 0 amide bonds. The molecular formula is C14H20BrNO2. The molecule has 0 aliphatic carbocycles. The van der Waals surface area contributed by atoms with Gasteiger partial charge in [0.05, 0.1) is 5.60 Å². The molecular weight excluding hydrogens is 294 g/mol. The van der Waals surface area contributed by atoms with E-state index in [1.165, 1.54) is 11.1 Å². The predicted molar refractivity (Wildman–Crippen MR) is 75.6 cm³/mol. The van der Waals surface area contributed by atoms with Crippen LogP contribution in [0, 0.1) is 6.92 Å². The molecule has 0 aromatic heterocycles. The van der Waals surface area contributed by atoms with Crippen LogP contribution in [-0.4, -0.2) is 30.5 Å². The maximum Gasteiger partial charge on any atom is 0.0815 e. The second-order valence-electron chi connectivity index (χ2n) is 5.02. The Kier molecular flexibility index (Phi) is 4.78. The molecule has 0 saturated carbocycles. The molecule has 0 radical (unpaired) electrons. The van der Waals surface area contributed by atoms with E-state index in [-0.39, 0.29) is 0 Å². The van der Waals surface area contributed by atoms with Crippen molar-refractivity contribution in [2.24, 2.45) is 0 Å². The summed E-state index contributed by atoms with van der Waals surface area (Å²) in [6.07, 6.45) is 1.44. The van der Waals surface area contributed by atoms with Crippen molar-refractivity contribution in [1.82, 2.24) is 5.32 Å². The van der Waals surface area contributed by atoms with Gasteiger partial charge in [-0.2, -0.15) is 0 Å². The number of ether oxygens (including phenoxy) is 1. The van der Waals surface area contributed by atoms with E-state index in [9.17, 15) is 5.11 Å². The molecule has 1 aromatic carbocycles. The van der Waals surface area contributed by atoms with Crippen molar-refractivity contribution in [3.63, 3.8) is 0 Å². The van der Waals surface area contributed by atoms with Crippen molar-refractivity contribution in [2.45, 2.75) is 31.9 Å². The highest BCUT2D eigenvalue weighted by atomic mass is 79.9. The third-order valence-corrected chi connectivity index (χ3v) is 4.32. The lowest BCUT2D eigenvalue weighted by molar-refractivity contribution is -0.0617. The lowest BCUT2D eigenvalue weighted by Crippen LogP contribution is -2.44. The normalized spacial score (nSPS) is 18.8. The Labute approximate surface area is 117 Å². The largest absolute Gasteiger partial charge is 0.388 e. The van der Waals surface area contributed by atoms with Crippen molar-refractivity contribution >= 4 is 15.9 Å². The summed E-state index contributed by atoms with van der Waals surface area (Å²) < 4.78 is 6.40. The van der Waals surface area contributed by atoms with Crippen molar-refractivity contribution in [3.8, 4) is 0 Å². The number of rotatable bonds is 4. The zero-order valence-corrected chi connectivity index (χ0v) is 12.3. The molecule has 1 fully saturated rings. The number of hydrogen-bond donors (Lipinski definition) is 2. The summed E-state index contributed by atoms with van der Waals surface area (Å²) >= 11 is 3.49. The van der Waals surface area contributed by atoms with Crippen LogP contribution in [0.25, 0.3) is 0 Å². The second kappa shape index (κ2) is 6.15. The Bertz CT molecular complexity index is 403. The Morgan fingerprint density at radius 3 is 2.78 bits per heavy atom. The lowest BCUT2D eigenvalue weighted by atomic mass is 9.94. The molecule has 18 heavy (non-hydrogen) atoms. The van der Waals surface area contributed by atoms with Crippen molar-refractivity contribution in [2.75, 3.05) is 19.8 Å². The summed E-state index contributed by atoms with van der Waals surface area (Å²) in [5, 5.41) is 13.6. The van der Waals surface area contributed by atoms with Gasteiger partial charge in [-0.3, -0.25) is 0 Å². The quantitative estimate of drug-likeness (QED) is 0.897. The topological polar surface area (TPSA) is 41.5 Å². The average molecular weight is 314 g/mol. The molecule has 1 aromatic rings. The number of hydrogen-bond acceptors (Lipinski definition) is 3. The van der Waals surface area contributed by atoms with Gasteiger partial charge in [0.2, 0.25) is 0 Å². The van der Waals surface area contributed by atoms with E-state index in [1.54, 1.807) is 0 Å². The van der Waals surface area contributed by atoms with Crippen molar-refractivity contribution < 1.29 is 9.84 Å². The molecule has 0 atom stereocenters. The molecule has 1 heterocycles. The molecule has 0 spiro atoms. The summed E-state index contributed by atoms with van der Waals surface area (Å²) in [6.45, 7) is 4.83. The van der Waals surface area contributed by atoms with Crippen LogP contribution in [0.1, 0.15) is 24.0 Å². The smallest absolute Gasteiger partial charge is 0.0815 e. The monoisotopic (exact) mass is 313 g/mol. The molecule has 2 N–H and O–H groups in total. The van der Waals surface area contributed by atoms with E-state index in [0.717, 1.165) is 23.9 Å². The van der Waals surface area contributed by atoms with E-state index in [1.807, 2.05) is 0 Å². The minimum atomic E-state index is -0.595. The standard InChI is InChI=1S/C14H20BrNO2/c1-11-8-12(2-3-13(11)15)9-16-10-14(17)4-6-18-7-5-14/h2-3,8,16-17H,4-7,9-10H2,1H3. The van der Waals surface area contributed by atoms with Gasteiger partial charge in [0.15, 0.2) is 0 Å². The maximum atomic E-state index is 10.3. The molecule has 1 aliphatic heterocycles. The minimum absolute atomic E-state index is 0.595. The van der Waals surface area contributed by atoms with Crippen LogP contribution in [0.2, 0.25) is 0 Å². The van der Waals surface area contributed by atoms with E-state index < -0.39 is 5.60 Å². The number of halogens is 1. The second-order valence-corrected chi connectivity index (χ2v) is 5.88. The zero-order valence-electron chi connectivity index (χ0n) is 10.7. The molecule has 4 heteroatoms. The van der Waals surface area contributed by atoms with Gasteiger partial charge in [-0.15, -0.1) is 0 Å². The molecule has 0 bridgehead atoms. The van der Waals surface area contributed by atoms with Gasteiger partial charge in [0, 0.05) is 43.6 Å². The van der Waals surface area contributed by atoms with E-state index in [4.69, 9.17) is 4.74 Å². The van der Waals surface area contributed by atoms with Crippen LogP contribution in [0.5, 0.6) is 0 Å². The number of nitrogens with one attached hydrogen (secondary N) is 1. The van der Waals surface area contributed by atoms with E-state index in [2.05, 4.69) is 46.4 Å². The zero-order chi connectivity index (χ0) is 13.0. The van der Waals surface area contributed by atoms with Crippen LogP contribution < -0.4 is 5.32 Å². The Morgan fingerprint density at radius 2 is 2.11 bits per heavy atom. The summed E-state index contributed by atoms with van der Waals surface area (Å²) in [4.78, 5) is 0. The summed E-state index contributed by atoms with van der Waals surface area (Å²) in [5.74, 6) is 0. The van der Waals surface area contributed by atoms with Gasteiger partial charge in [0.25, 0.3) is 0 Å². The van der Waals surface area contributed by atoms with Gasteiger partial charge < -0.3 is 15.2 Å². The van der Waals surface area contributed by atoms with Gasteiger partial charge in [0.1, 0.15) is 0 Å². The third kappa shape index (κ3) is 3.79. The van der Waals surface area contributed by atoms with Crippen LogP contribution >= 0.6 is 15.9 Å². The summed E-state index contributed by atoms with van der Waals surface area (Å²) in [6, 6.07) is 6.32. The number of aryl methyl sites for hydroxylation is 1. The molecule has 100 valence electrons. The summed E-state index contributed by atoms with van der Waals surface area (Å²) in [7, 11) is 0. The van der Waals surface area contributed by atoms with Crippen molar-refractivity contribution in [3.05, 3.63) is 33.8 Å². The van der Waals surface area contributed by atoms with Crippen LogP contribution in [0.3, 0.4) is 0 Å². The highest BCUT2D eigenvalue weighted by Crippen LogP contribution is 2.20. The highest BCUT2D eigenvalue weighted by molar-refractivity contribution is 9.10. The fraction of sp³-hybridized carbons (Fsp3) is 0.571. The molecule has 1 aliphatic rings. The Hall–Kier alpha value is -0.420. The first-order valence-corrected chi connectivity index (χ1v) is 7.14. The molecule has 2 rings (SSSR count). The summed E-state index contributed by atoms with van der Waals surface area (Å²) in [5.41, 5.74) is 1.88. The number of benzene rings is 1. The van der Waals surface area contributed by atoms with Crippen LogP contribution in [0.15, 0.2) is 22.7 Å². The van der Waals surface area contributed by atoms with Crippen LogP contribution in [-0.2, 0) is 11.3 Å². The molecule has 0 unspecified atom stereocenters. The Morgan fingerprint density at radius 1 is 1.39 bits per heavy atom. The first-order chi connectivity index (χ1) is 8.59. The van der Waals surface area contributed by atoms with Gasteiger partial charge in [-0.25, -0.2) is 0 Å². The predicted octanol–water partition coefficient (Wildman–Crippen LogP) is 2.39. The molecule has 3 nitrogen and oxygen atoms in total. The number of aliphatic hydroxyl groups is 1. The third-order valence-electron chi connectivity index (χ3n) is 3.43. The van der Waals surface area contributed by atoms with Gasteiger partial charge in [-0.1, -0.05) is 28.1 Å². The fourth-order valence-electron chi connectivity index (χ4n) is 2.18. The van der Waals surface area contributed by atoms with Gasteiger partial charge >= 0.3 is 0 Å². The SMILES string of the molecule is Cc1cc(CNCC2(O)CCOCC2)ccc1Br. The average Bonchev–Trinajstić information content (AvgIpc) is 2.34. The first-order valence-electron chi connectivity index (χ1n) is 6.35. The highest BCUT2D eigenvalue weighted by Gasteiger charge is 2.28. The van der Waals surface area contributed by atoms with Crippen LogP contribution in [0.4, 0.5) is 0 Å². The maximum absolute atomic E-state index is 10.3.